The second kappa shape index (κ2) is 6.73. The molecule has 18 heavy (non-hydrogen) atoms. The van der Waals surface area contributed by atoms with Crippen LogP contribution in [0.3, 0.4) is 0 Å². The van der Waals surface area contributed by atoms with E-state index in [1.54, 1.807) is 12.0 Å². The molecule has 2 amide bonds. The molecule has 1 fully saturated rings. The number of carbonyl (C=O) groups is 2. The minimum absolute atomic E-state index is 0.0208. The molecule has 1 saturated heterocycles. The highest BCUT2D eigenvalue weighted by Crippen LogP contribution is 2.20. The minimum atomic E-state index is -0.383. The molecule has 3 atom stereocenters. The lowest BCUT2D eigenvalue weighted by Crippen LogP contribution is -2.66. The van der Waals surface area contributed by atoms with Gasteiger partial charge in [-0.1, -0.05) is 20.8 Å². The Morgan fingerprint density at radius 3 is 2.39 bits per heavy atom. The zero-order chi connectivity index (χ0) is 13.7. The summed E-state index contributed by atoms with van der Waals surface area (Å²) < 4.78 is 5.17. The van der Waals surface area contributed by atoms with Crippen molar-refractivity contribution in [2.45, 2.75) is 58.2 Å². The summed E-state index contributed by atoms with van der Waals surface area (Å²) in [5.41, 5.74) is 0. The molecule has 0 radical (unpaired) electrons. The Kier molecular flexibility index (Phi) is 5.59. The Balaban J connectivity index is 2.98. The number of amides is 2. The van der Waals surface area contributed by atoms with Crippen LogP contribution in [0.2, 0.25) is 0 Å². The van der Waals surface area contributed by atoms with E-state index in [0.717, 1.165) is 6.42 Å². The number of nitrogens with zero attached hydrogens (tertiary/aromatic N) is 1. The first kappa shape index (κ1) is 15.0. The second-order valence-corrected chi connectivity index (χ2v) is 4.66. The molecule has 1 aliphatic heterocycles. The quantitative estimate of drug-likeness (QED) is 0.769. The van der Waals surface area contributed by atoms with Gasteiger partial charge in [-0.15, -0.1) is 0 Å². The normalized spacial score (nSPS) is 26.1. The SMILES string of the molecule is CCC1NC(=O)C(CC)N(C(CC)COC)C1=O. The smallest absolute Gasteiger partial charge is 0.246 e. The van der Waals surface area contributed by atoms with E-state index in [4.69, 9.17) is 4.74 Å². The van der Waals surface area contributed by atoms with Crippen molar-refractivity contribution < 1.29 is 14.3 Å². The van der Waals surface area contributed by atoms with E-state index in [1.165, 1.54) is 0 Å². The van der Waals surface area contributed by atoms with Crippen LogP contribution in [0.1, 0.15) is 40.0 Å². The van der Waals surface area contributed by atoms with Gasteiger partial charge in [0.2, 0.25) is 11.8 Å². The summed E-state index contributed by atoms with van der Waals surface area (Å²) in [4.78, 5) is 26.2. The van der Waals surface area contributed by atoms with Crippen LogP contribution in [-0.4, -0.2) is 48.6 Å². The molecule has 0 aromatic heterocycles. The van der Waals surface area contributed by atoms with E-state index < -0.39 is 0 Å². The molecule has 0 spiro atoms. The highest BCUT2D eigenvalue weighted by atomic mass is 16.5. The lowest BCUT2D eigenvalue weighted by atomic mass is 10.00. The largest absolute Gasteiger partial charge is 0.383 e. The van der Waals surface area contributed by atoms with Gasteiger partial charge in [-0.25, -0.2) is 0 Å². The second-order valence-electron chi connectivity index (χ2n) is 4.66. The average molecular weight is 256 g/mol. The fourth-order valence-electron chi connectivity index (χ4n) is 2.47. The molecular formula is C13H24N2O3. The molecule has 104 valence electrons. The van der Waals surface area contributed by atoms with Gasteiger partial charge < -0.3 is 15.0 Å². The molecule has 0 aromatic carbocycles. The van der Waals surface area contributed by atoms with Gasteiger partial charge in [-0.3, -0.25) is 9.59 Å². The van der Waals surface area contributed by atoms with E-state index in [0.29, 0.717) is 19.4 Å². The van der Waals surface area contributed by atoms with Gasteiger partial charge in [0.05, 0.1) is 12.6 Å². The van der Waals surface area contributed by atoms with E-state index in [2.05, 4.69) is 5.32 Å². The Hall–Kier alpha value is -1.10. The first-order valence-electron chi connectivity index (χ1n) is 6.72. The third-order valence-corrected chi connectivity index (χ3v) is 3.53. The van der Waals surface area contributed by atoms with Crippen molar-refractivity contribution in [3.63, 3.8) is 0 Å². The van der Waals surface area contributed by atoms with Gasteiger partial charge >= 0.3 is 0 Å². The number of hydrogen-bond acceptors (Lipinski definition) is 3. The van der Waals surface area contributed by atoms with Crippen LogP contribution < -0.4 is 5.32 Å². The summed E-state index contributed by atoms with van der Waals surface area (Å²) in [6.07, 6.45) is 2.05. The van der Waals surface area contributed by atoms with Crippen LogP contribution in [0.4, 0.5) is 0 Å². The van der Waals surface area contributed by atoms with Crippen LogP contribution in [0.25, 0.3) is 0 Å². The van der Waals surface area contributed by atoms with Gasteiger partial charge in [0, 0.05) is 7.11 Å². The first-order chi connectivity index (χ1) is 8.60. The topological polar surface area (TPSA) is 58.6 Å². The third-order valence-electron chi connectivity index (χ3n) is 3.53. The molecule has 1 heterocycles. The summed E-state index contributed by atoms with van der Waals surface area (Å²) in [5, 5.41) is 2.80. The number of carbonyl (C=O) groups excluding carboxylic acids is 2. The van der Waals surface area contributed by atoms with Gasteiger partial charge in [0.25, 0.3) is 0 Å². The third kappa shape index (κ3) is 2.83. The lowest BCUT2D eigenvalue weighted by molar-refractivity contribution is -0.153. The molecule has 0 saturated carbocycles. The molecule has 1 rings (SSSR count). The number of methoxy groups -OCH3 is 1. The molecule has 1 N–H and O–H groups in total. The standard InChI is InChI=1S/C13H24N2O3/c1-5-9(8-18-4)15-11(7-3)12(16)14-10(6-2)13(15)17/h9-11H,5-8H2,1-4H3,(H,14,16). The van der Waals surface area contributed by atoms with Crippen molar-refractivity contribution in [2.24, 2.45) is 0 Å². The number of hydrogen-bond donors (Lipinski definition) is 1. The first-order valence-corrected chi connectivity index (χ1v) is 6.72. The molecule has 1 aliphatic rings. The number of ether oxygens (including phenoxy) is 1. The Bertz CT molecular complexity index is 307. The summed E-state index contributed by atoms with van der Waals surface area (Å²) in [6.45, 7) is 6.32. The van der Waals surface area contributed by atoms with E-state index in [-0.39, 0.29) is 29.9 Å². The average Bonchev–Trinajstić information content (AvgIpc) is 2.38. The van der Waals surface area contributed by atoms with Crippen LogP contribution in [0.15, 0.2) is 0 Å². The van der Waals surface area contributed by atoms with Gasteiger partial charge in [0.1, 0.15) is 12.1 Å². The predicted molar refractivity (Wildman–Crippen MR) is 69.1 cm³/mol. The van der Waals surface area contributed by atoms with E-state index in [1.807, 2.05) is 20.8 Å². The number of piperazine rings is 1. The molecule has 5 heteroatoms. The molecular weight excluding hydrogens is 232 g/mol. The number of nitrogens with one attached hydrogen (secondary N) is 1. The van der Waals surface area contributed by atoms with Crippen molar-refractivity contribution in [3.05, 3.63) is 0 Å². The Labute approximate surface area is 109 Å². The highest BCUT2D eigenvalue weighted by Gasteiger charge is 2.41. The summed E-state index contributed by atoms with van der Waals surface area (Å²) in [7, 11) is 1.62. The van der Waals surface area contributed by atoms with E-state index in [9.17, 15) is 9.59 Å². The van der Waals surface area contributed by atoms with Crippen molar-refractivity contribution in [3.8, 4) is 0 Å². The van der Waals surface area contributed by atoms with Crippen LogP contribution in [0, 0.1) is 0 Å². The van der Waals surface area contributed by atoms with Crippen molar-refractivity contribution in [2.75, 3.05) is 13.7 Å². The zero-order valence-corrected chi connectivity index (χ0v) is 11.7. The van der Waals surface area contributed by atoms with Crippen molar-refractivity contribution in [1.29, 1.82) is 0 Å². The molecule has 0 aromatic rings. The maximum atomic E-state index is 12.4. The minimum Gasteiger partial charge on any atom is -0.383 e. The summed E-state index contributed by atoms with van der Waals surface area (Å²) in [5.74, 6) is -0.0219. The van der Waals surface area contributed by atoms with Gasteiger partial charge in [0.15, 0.2) is 0 Å². The molecule has 0 bridgehead atoms. The summed E-state index contributed by atoms with van der Waals surface area (Å²) in [6, 6.07) is -0.765. The summed E-state index contributed by atoms with van der Waals surface area (Å²) >= 11 is 0. The maximum absolute atomic E-state index is 12.4. The number of rotatable bonds is 6. The van der Waals surface area contributed by atoms with Gasteiger partial charge in [-0.2, -0.15) is 0 Å². The fourth-order valence-corrected chi connectivity index (χ4v) is 2.47. The zero-order valence-electron chi connectivity index (χ0n) is 11.7. The molecule has 3 unspecified atom stereocenters. The van der Waals surface area contributed by atoms with Crippen molar-refractivity contribution in [1.82, 2.24) is 10.2 Å². The van der Waals surface area contributed by atoms with E-state index >= 15 is 0 Å². The maximum Gasteiger partial charge on any atom is 0.246 e. The monoisotopic (exact) mass is 256 g/mol. The Morgan fingerprint density at radius 2 is 1.94 bits per heavy atom. The van der Waals surface area contributed by atoms with Gasteiger partial charge in [-0.05, 0) is 19.3 Å². The molecule has 0 aliphatic carbocycles. The van der Waals surface area contributed by atoms with Crippen LogP contribution in [-0.2, 0) is 14.3 Å². The fraction of sp³-hybridized carbons (Fsp3) is 0.846. The van der Waals surface area contributed by atoms with Crippen LogP contribution in [0.5, 0.6) is 0 Å². The molecule has 5 nitrogen and oxygen atoms in total. The Morgan fingerprint density at radius 1 is 1.28 bits per heavy atom. The van der Waals surface area contributed by atoms with Crippen molar-refractivity contribution >= 4 is 11.8 Å². The lowest BCUT2D eigenvalue weighted by Gasteiger charge is -2.42. The highest BCUT2D eigenvalue weighted by molar-refractivity contribution is 5.97. The van der Waals surface area contributed by atoms with Crippen LogP contribution >= 0.6 is 0 Å². The predicted octanol–water partition coefficient (Wildman–Crippen LogP) is 0.927.